The summed E-state index contributed by atoms with van der Waals surface area (Å²) < 4.78 is 5.82. The fraction of sp³-hybridized carbons (Fsp3) is 0.111. The standard InChI is InChI=1S/C18H17N3OS.ClH/c1-13(16-9-5-6-10-20-16)23-15-11-17(18(19)21-12-15)22-14-7-3-2-4-8-14;/h2-13H,1H3,(H2,19,21);1H. The lowest BCUT2D eigenvalue weighted by Crippen LogP contribution is -1.97. The topological polar surface area (TPSA) is 61.0 Å². The van der Waals surface area contributed by atoms with Gasteiger partial charge in [0, 0.05) is 22.5 Å². The van der Waals surface area contributed by atoms with E-state index in [0.717, 1.165) is 16.3 Å². The summed E-state index contributed by atoms with van der Waals surface area (Å²) in [4.78, 5) is 9.61. The lowest BCUT2D eigenvalue weighted by Gasteiger charge is -2.12. The van der Waals surface area contributed by atoms with Crippen molar-refractivity contribution in [3.8, 4) is 11.5 Å². The van der Waals surface area contributed by atoms with Crippen LogP contribution in [0, 0.1) is 0 Å². The maximum Gasteiger partial charge on any atom is 0.170 e. The van der Waals surface area contributed by atoms with Crippen LogP contribution >= 0.6 is 24.2 Å². The number of benzene rings is 1. The summed E-state index contributed by atoms with van der Waals surface area (Å²) in [5.74, 6) is 1.68. The Morgan fingerprint density at radius 2 is 1.79 bits per heavy atom. The summed E-state index contributed by atoms with van der Waals surface area (Å²) in [6.45, 7) is 2.11. The van der Waals surface area contributed by atoms with Gasteiger partial charge in [0.25, 0.3) is 0 Å². The van der Waals surface area contributed by atoms with Gasteiger partial charge in [-0.15, -0.1) is 24.2 Å². The number of rotatable bonds is 5. The first-order valence-corrected chi connectivity index (χ1v) is 8.16. The summed E-state index contributed by atoms with van der Waals surface area (Å²) in [6.07, 6.45) is 3.56. The average Bonchev–Trinajstić information content (AvgIpc) is 2.59. The molecule has 6 heteroatoms. The molecule has 3 rings (SSSR count). The zero-order valence-corrected chi connectivity index (χ0v) is 14.8. The number of nitrogens with two attached hydrogens (primary N) is 1. The molecule has 0 aliphatic rings. The Hall–Kier alpha value is -2.24. The quantitative estimate of drug-likeness (QED) is 0.640. The van der Waals surface area contributed by atoms with Gasteiger partial charge in [-0.1, -0.05) is 24.3 Å². The molecule has 0 bridgehead atoms. The molecular weight excluding hydrogens is 342 g/mol. The molecule has 2 aromatic heterocycles. The minimum absolute atomic E-state index is 0. The molecule has 24 heavy (non-hydrogen) atoms. The van der Waals surface area contributed by atoms with Gasteiger partial charge in [0.15, 0.2) is 11.6 Å². The van der Waals surface area contributed by atoms with Crippen LogP contribution in [0.4, 0.5) is 5.82 Å². The summed E-state index contributed by atoms with van der Waals surface area (Å²) in [5.41, 5.74) is 6.95. The molecule has 124 valence electrons. The Morgan fingerprint density at radius 3 is 2.50 bits per heavy atom. The van der Waals surface area contributed by atoms with E-state index >= 15 is 0 Å². The Kier molecular flexibility index (Phi) is 6.46. The molecule has 0 aliphatic heterocycles. The first kappa shape index (κ1) is 18.1. The molecule has 1 unspecified atom stereocenters. The van der Waals surface area contributed by atoms with Gasteiger partial charge < -0.3 is 10.5 Å². The van der Waals surface area contributed by atoms with E-state index in [-0.39, 0.29) is 17.7 Å². The van der Waals surface area contributed by atoms with Gasteiger partial charge >= 0.3 is 0 Å². The summed E-state index contributed by atoms with van der Waals surface area (Å²) in [6, 6.07) is 17.4. The van der Waals surface area contributed by atoms with E-state index in [1.54, 1.807) is 24.2 Å². The number of pyridine rings is 2. The number of thioether (sulfide) groups is 1. The van der Waals surface area contributed by atoms with E-state index in [4.69, 9.17) is 10.5 Å². The Morgan fingerprint density at radius 1 is 1.04 bits per heavy atom. The molecule has 0 radical (unpaired) electrons. The van der Waals surface area contributed by atoms with Gasteiger partial charge in [-0.3, -0.25) is 4.98 Å². The van der Waals surface area contributed by atoms with E-state index in [0.29, 0.717) is 11.6 Å². The first-order chi connectivity index (χ1) is 11.2. The second kappa shape index (κ2) is 8.57. The highest BCUT2D eigenvalue weighted by Crippen LogP contribution is 2.37. The molecule has 2 N–H and O–H groups in total. The molecule has 0 saturated heterocycles. The smallest absolute Gasteiger partial charge is 0.170 e. The van der Waals surface area contributed by atoms with Gasteiger partial charge in [0.05, 0.1) is 5.69 Å². The van der Waals surface area contributed by atoms with Crippen LogP contribution in [-0.2, 0) is 0 Å². The number of ether oxygens (including phenoxy) is 1. The number of nitrogens with zero attached hydrogens (tertiary/aromatic N) is 2. The second-order valence-electron chi connectivity index (χ2n) is 4.98. The van der Waals surface area contributed by atoms with Crippen molar-refractivity contribution in [2.24, 2.45) is 0 Å². The van der Waals surface area contributed by atoms with Crippen molar-refractivity contribution in [1.82, 2.24) is 9.97 Å². The van der Waals surface area contributed by atoms with Crippen LogP contribution < -0.4 is 10.5 Å². The second-order valence-corrected chi connectivity index (χ2v) is 6.40. The van der Waals surface area contributed by atoms with Gasteiger partial charge in [-0.05, 0) is 37.3 Å². The molecule has 0 spiro atoms. The fourth-order valence-corrected chi connectivity index (χ4v) is 3.04. The zero-order chi connectivity index (χ0) is 16.1. The number of nitrogen functional groups attached to an aromatic ring is 1. The van der Waals surface area contributed by atoms with Gasteiger partial charge in [0.1, 0.15) is 5.75 Å². The highest BCUT2D eigenvalue weighted by atomic mass is 35.5. The van der Waals surface area contributed by atoms with E-state index < -0.39 is 0 Å². The van der Waals surface area contributed by atoms with Crippen LogP contribution in [0.5, 0.6) is 11.5 Å². The minimum Gasteiger partial charge on any atom is -0.453 e. The third-order valence-electron chi connectivity index (χ3n) is 3.24. The normalized spacial score (nSPS) is 11.4. The maximum absolute atomic E-state index is 5.92. The number of hydrogen-bond donors (Lipinski definition) is 1. The highest BCUT2D eigenvalue weighted by Gasteiger charge is 2.11. The van der Waals surface area contributed by atoms with Crippen LogP contribution in [0.15, 0.2) is 71.9 Å². The van der Waals surface area contributed by atoms with Crippen molar-refractivity contribution < 1.29 is 4.74 Å². The zero-order valence-electron chi connectivity index (χ0n) is 13.1. The minimum atomic E-state index is 0. The molecule has 0 amide bonds. The van der Waals surface area contributed by atoms with Crippen molar-refractivity contribution in [3.05, 3.63) is 72.7 Å². The van der Waals surface area contributed by atoms with E-state index in [2.05, 4.69) is 16.9 Å². The van der Waals surface area contributed by atoms with Crippen molar-refractivity contribution in [2.45, 2.75) is 17.1 Å². The maximum atomic E-state index is 5.92. The van der Waals surface area contributed by atoms with Gasteiger partial charge in [-0.25, -0.2) is 4.98 Å². The first-order valence-electron chi connectivity index (χ1n) is 7.28. The van der Waals surface area contributed by atoms with Crippen LogP contribution in [0.1, 0.15) is 17.9 Å². The third-order valence-corrected chi connectivity index (χ3v) is 4.34. The fourth-order valence-electron chi connectivity index (χ4n) is 2.08. The summed E-state index contributed by atoms with van der Waals surface area (Å²) in [5, 5.41) is 0.214. The van der Waals surface area contributed by atoms with E-state index in [1.807, 2.05) is 54.6 Å². The number of halogens is 1. The highest BCUT2D eigenvalue weighted by molar-refractivity contribution is 7.99. The third kappa shape index (κ3) is 4.63. The molecule has 3 aromatic rings. The Bertz CT molecular complexity index is 772. The van der Waals surface area contributed by atoms with E-state index in [9.17, 15) is 0 Å². The molecule has 1 aromatic carbocycles. The molecule has 1 atom stereocenters. The predicted molar refractivity (Wildman–Crippen MR) is 101 cm³/mol. The van der Waals surface area contributed by atoms with Crippen molar-refractivity contribution in [1.29, 1.82) is 0 Å². The van der Waals surface area contributed by atoms with Crippen LogP contribution in [0.3, 0.4) is 0 Å². The number of hydrogen-bond acceptors (Lipinski definition) is 5. The monoisotopic (exact) mass is 359 g/mol. The van der Waals surface area contributed by atoms with Crippen LogP contribution in [0.25, 0.3) is 0 Å². The van der Waals surface area contributed by atoms with Gasteiger partial charge in [-0.2, -0.15) is 0 Å². The Labute approximate surface area is 151 Å². The Balaban J connectivity index is 0.00000208. The van der Waals surface area contributed by atoms with Crippen molar-refractivity contribution >= 4 is 30.0 Å². The van der Waals surface area contributed by atoms with Gasteiger partial charge in [0.2, 0.25) is 0 Å². The molecule has 0 fully saturated rings. The predicted octanol–water partition coefficient (Wildman–Crippen LogP) is 5.13. The van der Waals surface area contributed by atoms with Crippen molar-refractivity contribution in [2.75, 3.05) is 5.73 Å². The molecule has 0 saturated carbocycles. The molecule has 0 aliphatic carbocycles. The molecule has 2 heterocycles. The van der Waals surface area contributed by atoms with Crippen LogP contribution in [0.2, 0.25) is 0 Å². The molecular formula is C18H18ClN3OS. The van der Waals surface area contributed by atoms with Crippen LogP contribution in [-0.4, -0.2) is 9.97 Å². The number of para-hydroxylation sites is 1. The largest absolute Gasteiger partial charge is 0.453 e. The number of aromatic nitrogens is 2. The van der Waals surface area contributed by atoms with E-state index in [1.165, 1.54) is 0 Å². The van der Waals surface area contributed by atoms with Crippen molar-refractivity contribution in [3.63, 3.8) is 0 Å². The summed E-state index contributed by atoms with van der Waals surface area (Å²) in [7, 11) is 0. The summed E-state index contributed by atoms with van der Waals surface area (Å²) >= 11 is 1.67. The average molecular weight is 360 g/mol. The lowest BCUT2D eigenvalue weighted by atomic mass is 10.3. The molecule has 4 nitrogen and oxygen atoms in total. The number of anilines is 1. The lowest BCUT2D eigenvalue weighted by molar-refractivity contribution is 0.481. The SMILES string of the molecule is CC(Sc1cnc(N)c(Oc2ccccc2)c1)c1ccccn1.Cl.